The Balaban J connectivity index is 2.15. The van der Waals surface area contributed by atoms with Crippen molar-refractivity contribution in [2.24, 2.45) is 0 Å². The van der Waals surface area contributed by atoms with E-state index in [1.54, 1.807) is 0 Å². The van der Waals surface area contributed by atoms with Crippen molar-refractivity contribution >= 4 is 6.08 Å². The molecule has 0 radical (unpaired) electrons. The van der Waals surface area contributed by atoms with Crippen LogP contribution in [0.5, 0.6) is 5.75 Å². The number of ether oxygens (including phenoxy) is 1. The Bertz CT molecular complexity index is 594. The summed E-state index contributed by atoms with van der Waals surface area (Å²) in [4.78, 5) is 0. The standard InChI is InChI=1S/C19H20O/c1-3-10-17-13-8-9-14-19(17)20-18(4-2)15-16-11-6-5-7-12-16/h3-14H,15H2,1-2H3/b10-3+,18-4+. The third-order valence-corrected chi connectivity index (χ3v) is 3.05. The van der Waals surface area contributed by atoms with Gasteiger partial charge in [0.2, 0.25) is 0 Å². The van der Waals surface area contributed by atoms with Crippen LogP contribution in [0.4, 0.5) is 0 Å². The van der Waals surface area contributed by atoms with E-state index in [2.05, 4.69) is 36.4 Å². The zero-order valence-electron chi connectivity index (χ0n) is 12.0. The number of allylic oxidation sites excluding steroid dienone is 3. The molecule has 0 saturated carbocycles. The van der Waals surface area contributed by atoms with Crippen LogP contribution in [0.2, 0.25) is 0 Å². The van der Waals surface area contributed by atoms with Crippen LogP contribution in [0.1, 0.15) is 25.0 Å². The molecule has 0 aliphatic carbocycles. The summed E-state index contributed by atoms with van der Waals surface area (Å²) in [5.74, 6) is 1.86. The van der Waals surface area contributed by atoms with Crippen LogP contribution in [-0.4, -0.2) is 0 Å². The molecular formula is C19H20O. The fourth-order valence-corrected chi connectivity index (χ4v) is 2.03. The van der Waals surface area contributed by atoms with Crippen molar-refractivity contribution in [1.29, 1.82) is 0 Å². The molecule has 0 spiro atoms. The molecule has 2 aromatic carbocycles. The molecule has 20 heavy (non-hydrogen) atoms. The van der Waals surface area contributed by atoms with Crippen molar-refractivity contribution in [3.63, 3.8) is 0 Å². The topological polar surface area (TPSA) is 9.23 Å². The molecule has 0 heterocycles. The van der Waals surface area contributed by atoms with Gasteiger partial charge in [0, 0.05) is 12.0 Å². The Kier molecular flexibility index (Phi) is 5.19. The highest BCUT2D eigenvalue weighted by molar-refractivity contribution is 5.57. The molecule has 1 nitrogen and oxygen atoms in total. The Labute approximate surface area is 121 Å². The summed E-state index contributed by atoms with van der Waals surface area (Å²) in [5, 5.41) is 0. The molecule has 0 bridgehead atoms. The van der Waals surface area contributed by atoms with Crippen molar-refractivity contribution < 1.29 is 4.74 Å². The largest absolute Gasteiger partial charge is 0.461 e. The predicted octanol–water partition coefficient (Wildman–Crippen LogP) is 5.25. The smallest absolute Gasteiger partial charge is 0.134 e. The van der Waals surface area contributed by atoms with Crippen molar-refractivity contribution in [1.82, 2.24) is 0 Å². The van der Waals surface area contributed by atoms with Crippen LogP contribution in [0.3, 0.4) is 0 Å². The Morgan fingerprint density at radius 1 is 0.950 bits per heavy atom. The van der Waals surface area contributed by atoms with Crippen molar-refractivity contribution in [2.75, 3.05) is 0 Å². The predicted molar refractivity (Wildman–Crippen MR) is 85.7 cm³/mol. The minimum Gasteiger partial charge on any atom is -0.461 e. The molecule has 0 saturated heterocycles. The molecule has 0 N–H and O–H groups in total. The summed E-state index contributed by atoms with van der Waals surface area (Å²) in [6, 6.07) is 18.4. The van der Waals surface area contributed by atoms with Crippen molar-refractivity contribution in [3.05, 3.63) is 83.6 Å². The second-order valence-electron chi connectivity index (χ2n) is 4.56. The summed E-state index contributed by atoms with van der Waals surface area (Å²) in [5.41, 5.74) is 2.35. The monoisotopic (exact) mass is 264 g/mol. The second-order valence-corrected chi connectivity index (χ2v) is 4.56. The summed E-state index contributed by atoms with van der Waals surface area (Å²) < 4.78 is 6.06. The summed E-state index contributed by atoms with van der Waals surface area (Å²) in [7, 11) is 0. The lowest BCUT2D eigenvalue weighted by atomic mass is 10.1. The summed E-state index contributed by atoms with van der Waals surface area (Å²) in [6.45, 7) is 4.02. The van der Waals surface area contributed by atoms with E-state index in [-0.39, 0.29) is 0 Å². The Hall–Kier alpha value is -2.28. The first-order chi connectivity index (χ1) is 9.83. The van der Waals surface area contributed by atoms with E-state index in [0.29, 0.717) is 0 Å². The third kappa shape index (κ3) is 3.86. The molecule has 0 amide bonds. The van der Waals surface area contributed by atoms with Crippen LogP contribution in [0.25, 0.3) is 6.08 Å². The third-order valence-electron chi connectivity index (χ3n) is 3.05. The van der Waals surface area contributed by atoms with E-state index in [4.69, 9.17) is 4.74 Å². The Morgan fingerprint density at radius 3 is 2.35 bits per heavy atom. The molecule has 2 rings (SSSR count). The van der Waals surface area contributed by atoms with Crippen LogP contribution in [0.15, 0.2) is 72.5 Å². The first-order valence-corrected chi connectivity index (χ1v) is 6.92. The van der Waals surface area contributed by atoms with Gasteiger partial charge < -0.3 is 4.74 Å². The molecule has 2 aromatic rings. The summed E-state index contributed by atoms with van der Waals surface area (Å²) in [6.07, 6.45) is 6.92. The van der Waals surface area contributed by atoms with Gasteiger partial charge in [0.1, 0.15) is 11.5 Å². The maximum atomic E-state index is 6.06. The van der Waals surface area contributed by atoms with E-state index in [9.17, 15) is 0 Å². The second kappa shape index (κ2) is 7.34. The maximum absolute atomic E-state index is 6.06. The van der Waals surface area contributed by atoms with Crippen molar-refractivity contribution in [2.45, 2.75) is 20.3 Å². The van der Waals surface area contributed by atoms with E-state index < -0.39 is 0 Å². The molecular weight excluding hydrogens is 244 g/mol. The number of para-hydroxylation sites is 1. The lowest BCUT2D eigenvalue weighted by Crippen LogP contribution is -2.00. The molecule has 0 aliphatic heterocycles. The average molecular weight is 264 g/mol. The normalized spacial score (nSPS) is 11.8. The van der Waals surface area contributed by atoms with Crippen molar-refractivity contribution in [3.8, 4) is 5.75 Å². The average Bonchev–Trinajstić information content (AvgIpc) is 2.50. The van der Waals surface area contributed by atoms with Crippen LogP contribution >= 0.6 is 0 Å². The quantitative estimate of drug-likeness (QED) is 0.671. The summed E-state index contributed by atoms with van der Waals surface area (Å²) >= 11 is 0. The number of hydrogen-bond acceptors (Lipinski definition) is 1. The van der Waals surface area contributed by atoms with Gasteiger partial charge in [-0.1, -0.05) is 60.7 Å². The van der Waals surface area contributed by atoms with Gasteiger partial charge >= 0.3 is 0 Å². The van der Waals surface area contributed by atoms with Gasteiger partial charge in [-0.2, -0.15) is 0 Å². The Morgan fingerprint density at radius 2 is 1.65 bits per heavy atom. The van der Waals surface area contributed by atoms with Gasteiger partial charge in [-0.25, -0.2) is 0 Å². The minimum absolute atomic E-state index is 0.807. The van der Waals surface area contributed by atoms with E-state index >= 15 is 0 Å². The minimum atomic E-state index is 0.807. The van der Waals surface area contributed by atoms with Gasteiger partial charge in [0.15, 0.2) is 0 Å². The maximum Gasteiger partial charge on any atom is 0.134 e. The molecule has 0 atom stereocenters. The first-order valence-electron chi connectivity index (χ1n) is 6.92. The van der Waals surface area contributed by atoms with E-state index in [1.807, 2.05) is 50.3 Å². The van der Waals surface area contributed by atoms with E-state index in [0.717, 1.165) is 23.5 Å². The van der Waals surface area contributed by atoms with Gasteiger partial charge in [0.25, 0.3) is 0 Å². The van der Waals surface area contributed by atoms with E-state index in [1.165, 1.54) is 5.56 Å². The van der Waals surface area contributed by atoms with Gasteiger partial charge in [-0.3, -0.25) is 0 Å². The van der Waals surface area contributed by atoms with Gasteiger partial charge in [-0.15, -0.1) is 0 Å². The van der Waals surface area contributed by atoms with Crippen LogP contribution < -0.4 is 4.74 Å². The fourth-order valence-electron chi connectivity index (χ4n) is 2.03. The molecule has 1 heteroatoms. The number of benzene rings is 2. The fraction of sp³-hybridized carbons (Fsp3) is 0.158. The molecule has 0 fully saturated rings. The molecule has 0 unspecified atom stereocenters. The lowest BCUT2D eigenvalue weighted by Gasteiger charge is -2.12. The highest BCUT2D eigenvalue weighted by Crippen LogP contribution is 2.23. The molecule has 102 valence electrons. The van der Waals surface area contributed by atoms with Gasteiger partial charge in [-0.05, 0) is 31.6 Å². The van der Waals surface area contributed by atoms with Crippen LogP contribution in [-0.2, 0) is 6.42 Å². The molecule has 0 aromatic heterocycles. The SMILES string of the molecule is C/C=C/c1ccccc1O/C(=C/C)Cc1ccccc1. The highest BCUT2D eigenvalue weighted by Gasteiger charge is 2.04. The number of hydrogen-bond donors (Lipinski definition) is 0. The highest BCUT2D eigenvalue weighted by atomic mass is 16.5. The van der Waals surface area contributed by atoms with Crippen LogP contribution in [0, 0.1) is 0 Å². The van der Waals surface area contributed by atoms with Gasteiger partial charge in [0.05, 0.1) is 0 Å². The number of rotatable bonds is 5. The first kappa shape index (κ1) is 14.1. The zero-order valence-corrected chi connectivity index (χ0v) is 12.0. The zero-order chi connectivity index (χ0) is 14.2. The lowest BCUT2D eigenvalue weighted by molar-refractivity contribution is 0.411. The molecule has 0 aliphatic rings.